The maximum absolute atomic E-state index is 13.3. The molecule has 0 saturated heterocycles. The van der Waals surface area contributed by atoms with Crippen molar-refractivity contribution in [2.75, 3.05) is 6.26 Å². The van der Waals surface area contributed by atoms with E-state index in [-0.39, 0.29) is 15.9 Å². The molecule has 0 saturated carbocycles. The Kier molecular flexibility index (Phi) is 5.37. The molecule has 0 unspecified atom stereocenters. The van der Waals surface area contributed by atoms with Crippen molar-refractivity contribution >= 4 is 20.9 Å². The smallest absolute Gasteiger partial charge is 0.418 e. The lowest BCUT2D eigenvalue weighted by molar-refractivity contribution is -0.136. The Labute approximate surface area is 182 Å². The number of rotatable bonds is 4. The van der Waals surface area contributed by atoms with Crippen LogP contribution in [0.2, 0.25) is 0 Å². The molecule has 4 rings (SSSR count). The van der Waals surface area contributed by atoms with Crippen molar-refractivity contribution in [3.8, 4) is 22.8 Å². The van der Waals surface area contributed by atoms with E-state index in [1.54, 1.807) is 43.3 Å². The Morgan fingerprint density at radius 2 is 1.53 bits per heavy atom. The molecule has 3 aromatic carbocycles. The van der Waals surface area contributed by atoms with Crippen LogP contribution in [0.25, 0.3) is 22.3 Å². The number of ether oxygens (including phenoxy) is 1. The summed E-state index contributed by atoms with van der Waals surface area (Å²) in [4.78, 5) is 8.72. The summed E-state index contributed by atoms with van der Waals surface area (Å²) in [5.41, 5.74) is 0.461. The second kappa shape index (κ2) is 7.90. The van der Waals surface area contributed by atoms with E-state index in [0.717, 1.165) is 12.3 Å². The number of hydrogen-bond acceptors (Lipinski definition) is 5. The monoisotopic (exact) mass is 458 g/mol. The van der Waals surface area contributed by atoms with Crippen LogP contribution >= 0.6 is 0 Å². The SMILES string of the molecule is Cc1nc2c(C(F)(F)F)cccc2nc1-c1cccc(Oc2cccc(S(C)(=O)=O)c2)c1. The van der Waals surface area contributed by atoms with Crippen LogP contribution in [0, 0.1) is 6.92 Å². The number of alkyl halides is 3. The standard InChI is InChI=1S/C23H17F3N2O3S/c1-14-21(28-20-11-5-10-19(22(20)27-14)23(24,25)26)15-6-3-7-16(12-15)31-17-8-4-9-18(13-17)32(2,29)30/h3-13H,1-2H3. The van der Waals surface area contributed by atoms with Gasteiger partial charge in [-0.25, -0.2) is 18.4 Å². The first-order valence-electron chi connectivity index (χ1n) is 9.45. The van der Waals surface area contributed by atoms with Gasteiger partial charge < -0.3 is 4.74 Å². The molecule has 5 nitrogen and oxygen atoms in total. The molecular formula is C23H17F3N2O3S. The first kappa shape index (κ1) is 21.8. The van der Waals surface area contributed by atoms with Crippen LogP contribution in [-0.4, -0.2) is 24.6 Å². The highest BCUT2D eigenvalue weighted by Gasteiger charge is 2.33. The summed E-state index contributed by atoms with van der Waals surface area (Å²) in [6.45, 7) is 1.60. The zero-order valence-electron chi connectivity index (χ0n) is 17.0. The van der Waals surface area contributed by atoms with Crippen LogP contribution in [0.5, 0.6) is 11.5 Å². The van der Waals surface area contributed by atoms with E-state index in [2.05, 4.69) is 9.97 Å². The van der Waals surface area contributed by atoms with Crippen LogP contribution in [0.15, 0.2) is 71.6 Å². The van der Waals surface area contributed by atoms with Crippen LogP contribution < -0.4 is 4.74 Å². The van der Waals surface area contributed by atoms with Gasteiger partial charge in [0, 0.05) is 11.8 Å². The molecule has 0 fully saturated rings. The fourth-order valence-corrected chi connectivity index (χ4v) is 3.93. The van der Waals surface area contributed by atoms with Crippen LogP contribution in [0.1, 0.15) is 11.3 Å². The fourth-order valence-electron chi connectivity index (χ4n) is 3.27. The number of aromatic nitrogens is 2. The van der Waals surface area contributed by atoms with Crippen molar-refractivity contribution < 1.29 is 26.3 Å². The molecule has 164 valence electrons. The third-order valence-corrected chi connectivity index (χ3v) is 5.86. The molecule has 1 aromatic heterocycles. The number of aryl methyl sites for hydroxylation is 1. The van der Waals surface area contributed by atoms with Crippen molar-refractivity contribution in [1.29, 1.82) is 0 Å². The molecule has 0 aliphatic rings. The van der Waals surface area contributed by atoms with Gasteiger partial charge in [0.15, 0.2) is 9.84 Å². The molecule has 9 heteroatoms. The molecule has 0 radical (unpaired) electrons. The molecule has 0 bridgehead atoms. The van der Waals surface area contributed by atoms with Crippen molar-refractivity contribution in [2.24, 2.45) is 0 Å². The van der Waals surface area contributed by atoms with Gasteiger partial charge in [-0.2, -0.15) is 13.2 Å². The van der Waals surface area contributed by atoms with Crippen molar-refractivity contribution in [3.63, 3.8) is 0 Å². The Hall–Kier alpha value is -3.46. The topological polar surface area (TPSA) is 69.2 Å². The third-order valence-electron chi connectivity index (χ3n) is 4.75. The molecule has 0 amide bonds. The van der Waals surface area contributed by atoms with Crippen molar-refractivity contribution in [2.45, 2.75) is 18.0 Å². The summed E-state index contributed by atoms with van der Waals surface area (Å²) < 4.78 is 69.3. The summed E-state index contributed by atoms with van der Waals surface area (Å²) in [7, 11) is -3.39. The van der Waals surface area contributed by atoms with E-state index < -0.39 is 21.6 Å². The van der Waals surface area contributed by atoms with Crippen LogP contribution in [0.4, 0.5) is 13.2 Å². The minimum atomic E-state index is -4.53. The van der Waals surface area contributed by atoms with Crippen LogP contribution in [0.3, 0.4) is 0 Å². The highest BCUT2D eigenvalue weighted by molar-refractivity contribution is 7.90. The van der Waals surface area contributed by atoms with Gasteiger partial charge in [-0.15, -0.1) is 0 Å². The summed E-state index contributed by atoms with van der Waals surface area (Å²) in [6, 6.07) is 16.7. The zero-order chi connectivity index (χ0) is 23.1. The predicted molar refractivity (Wildman–Crippen MR) is 114 cm³/mol. The van der Waals surface area contributed by atoms with Gasteiger partial charge in [0.1, 0.15) is 17.0 Å². The summed E-state index contributed by atoms with van der Waals surface area (Å²) in [5, 5.41) is 0. The number of benzene rings is 3. The lowest BCUT2D eigenvalue weighted by Gasteiger charge is -2.13. The number of para-hydroxylation sites is 1. The van der Waals surface area contributed by atoms with Gasteiger partial charge in [-0.05, 0) is 49.4 Å². The molecule has 0 atom stereocenters. The number of hydrogen-bond donors (Lipinski definition) is 0. The maximum Gasteiger partial charge on any atom is 0.418 e. The van der Waals surface area contributed by atoms with Crippen molar-refractivity contribution in [3.05, 3.63) is 78.0 Å². The van der Waals surface area contributed by atoms with Crippen molar-refractivity contribution in [1.82, 2.24) is 9.97 Å². The summed E-state index contributed by atoms with van der Waals surface area (Å²) >= 11 is 0. The molecule has 0 aliphatic heterocycles. The number of nitrogens with zero attached hydrogens (tertiary/aromatic N) is 2. The number of halogens is 3. The predicted octanol–water partition coefficient (Wildman–Crippen LogP) is 5.82. The average molecular weight is 458 g/mol. The van der Waals surface area contributed by atoms with E-state index in [1.165, 1.54) is 24.3 Å². The van der Waals surface area contributed by atoms with E-state index in [0.29, 0.717) is 28.5 Å². The lowest BCUT2D eigenvalue weighted by atomic mass is 10.1. The highest BCUT2D eigenvalue weighted by atomic mass is 32.2. The first-order valence-corrected chi connectivity index (χ1v) is 11.3. The maximum atomic E-state index is 13.3. The molecular weight excluding hydrogens is 441 g/mol. The van der Waals surface area contributed by atoms with E-state index in [9.17, 15) is 21.6 Å². The third kappa shape index (κ3) is 4.43. The summed E-state index contributed by atoms with van der Waals surface area (Å²) in [5.74, 6) is 0.750. The number of sulfone groups is 1. The number of fused-ring (bicyclic) bond motifs is 1. The summed E-state index contributed by atoms with van der Waals surface area (Å²) in [6.07, 6.45) is -3.42. The molecule has 1 heterocycles. The average Bonchev–Trinajstić information content (AvgIpc) is 2.72. The van der Waals surface area contributed by atoms with Gasteiger partial charge in [-0.1, -0.05) is 24.3 Å². The Bertz CT molecular complexity index is 1430. The lowest BCUT2D eigenvalue weighted by Crippen LogP contribution is -2.08. The fraction of sp³-hybridized carbons (Fsp3) is 0.130. The van der Waals surface area contributed by atoms with Gasteiger partial charge in [-0.3, -0.25) is 0 Å². The normalized spacial score (nSPS) is 12.2. The molecule has 32 heavy (non-hydrogen) atoms. The quantitative estimate of drug-likeness (QED) is 0.385. The second-order valence-corrected chi connectivity index (χ2v) is 9.22. The molecule has 0 N–H and O–H groups in total. The van der Waals surface area contributed by atoms with Gasteiger partial charge in [0.2, 0.25) is 0 Å². The van der Waals surface area contributed by atoms with Gasteiger partial charge in [0.05, 0.1) is 27.4 Å². The molecule has 0 aliphatic carbocycles. The molecule has 4 aromatic rings. The van der Waals surface area contributed by atoms with Gasteiger partial charge >= 0.3 is 6.18 Å². The Morgan fingerprint density at radius 3 is 2.22 bits per heavy atom. The van der Waals surface area contributed by atoms with E-state index >= 15 is 0 Å². The minimum Gasteiger partial charge on any atom is -0.457 e. The zero-order valence-corrected chi connectivity index (χ0v) is 17.8. The first-order chi connectivity index (χ1) is 15.0. The Morgan fingerprint density at radius 1 is 0.875 bits per heavy atom. The van der Waals surface area contributed by atoms with Gasteiger partial charge in [0.25, 0.3) is 0 Å². The Balaban J connectivity index is 1.73. The van der Waals surface area contributed by atoms with Crippen LogP contribution in [-0.2, 0) is 16.0 Å². The van der Waals surface area contributed by atoms with E-state index in [4.69, 9.17) is 4.74 Å². The molecule has 0 spiro atoms. The minimum absolute atomic E-state index is 0.128. The second-order valence-electron chi connectivity index (χ2n) is 7.21. The van der Waals surface area contributed by atoms with E-state index in [1.807, 2.05) is 0 Å². The highest BCUT2D eigenvalue weighted by Crippen LogP contribution is 2.35. The largest absolute Gasteiger partial charge is 0.457 e.